The Morgan fingerprint density at radius 1 is 0.884 bits per heavy atom. The second kappa shape index (κ2) is 11.0. The van der Waals surface area contributed by atoms with Gasteiger partial charge in [-0.15, -0.1) is 0 Å². The third kappa shape index (κ3) is 6.50. The highest BCUT2D eigenvalue weighted by atomic mass is 19.4. The fourth-order valence-corrected chi connectivity index (χ4v) is 5.05. The van der Waals surface area contributed by atoms with Gasteiger partial charge in [0.15, 0.2) is 0 Å². The van der Waals surface area contributed by atoms with E-state index in [0.717, 1.165) is 17.0 Å². The summed E-state index contributed by atoms with van der Waals surface area (Å²) in [6.45, 7) is -0.716. The predicted molar refractivity (Wildman–Crippen MR) is 140 cm³/mol. The first-order chi connectivity index (χ1) is 20.2. The minimum atomic E-state index is -5.10. The fraction of sp³-hybridized carbons (Fsp3) is 0.300. The van der Waals surface area contributed by atoms with Crippen LogP contribution in [0, 0.1) is 5.82 Å². The number of hydrogen-bond acceptors (Lipinski definition) is 3. The Hall–Kier alpha value is -4.42. The topological polar surface area (TPSA) is 78.5 Å². The number of nitrogens with zero attached hydrogens (tertiary/aromatic N) is 1. The normalized spacial score (nSPS) is 18.0. The van der Waals surface area contributed by atoms with Gasteiger partial charge in [0.2, 0.25) is 11.8 Å². The number of amides is 3. The Balaban J connectivity index is 1.44. The Kier molecular flexibility index (Phi) is 7.69. The molecule has 1 aliphatic carbocycles. The molecular weight excluding hydrogens is 583 g/mol. The molecule has 1 atom stereocenters. The van der Waals surface area contributed by atoms with Gasteiger partial charge in [0.05, 0.1) is 17.7 Å². The van der Waals surface area contributed by atoms with E-state index in [0.29, 0.717) is 17.7 Å². The molecule has 0 saturated heterocycles. The molecule has 0 radical (unpaired) electrons. The summed E-state index contributed by atoms with van der Waals surface area (Å²) in [6, 6.07) is 11.2. The number of aryl methyl sites for hydroxylation is 1. The molecule has 0 spiro atoms. The van der Waals surface area contributed by atoms with E-state index < -0.39 is 70.7 Å². The van der Waals surface area contributed by atoms with E-state index in [9.17, 15) is 45.1 Å². The molecule has 3 amide bonds. The van der Waals surface area contributed by atoms with Crippen molar-refractivity contribution in [3.05, 3.63) is 100 Å². The van der Waals surface area contributed by atoms with Gasteiger partial charge in [-0.25, -0.2) is 4.39 Å². The zero-order valence-corrected chi connectivity index (χ0v) is 22.3. The third-order valence-electron chi connectivity index (χ3n) is 7.47. The summed E-state index contributed by atoms with van der Waals surface area (Å²) in [5.74, 6) is -2.64. The van der Waals surface area contributed by atoms with Crippen LogP contribution in [0.1, 0.15) is 51.9 Å². The van der Waals surface area contributed by atoms with Gasteiger partial charge in [0, 0.05) is 11.3 Å². The second-order valence-electron chi connectivity index (χ2n) is 10.6. The maximum absolute atomic E-state index is 14.1. The van der Waals surface area contributed by atoms with Crippen LogP contribution in [0.4, 0.5) is 36.4 Å². The van der Waals surface area contributed by atoms with E-state index >= 15 is 0 Å². The average Bonchev–Trinajstić information content (AvgIpc) is 3.74. The minimum Gasteiger partial charge on any atom is -0.342 e. The second-order valence-corrected chi connectivity index (χ2v) is 10.6. The zero-order valence-electron chi connectivity index (χ0n) is 22.3. The number of anilines is 1. The fourth-order valence-electron chi connectivity index (χ4n) is 5.05. The van der Waals surface area contributed by atoms with Gasteiger partial charge in [-0.1, -0.05) is 18.2 Å². The Labute approximate surface area is 240 Å². The van der Waals surface area contributed by atoms with Gasteiger partial charge >= 0.3 is 12.4 Å². The van der Waals surface area contributed by atoms with Crippen molar-refractivity contribution >= 4 is 23.4 Å². The van der Waals surface area contributed by atoms with Crippen molar-refractivity contribution in [1.29, 1.82) is 0 Å². The lowest BCUT2D eigenvalue weighted by Crippen LogP contribution is -2.55. The maximum atomic E-state index is 14.1. The van der Waals surface area contributed by atoms with E-state index in [4.69, 9.17) is 0 Å². The smallest absolute Gasteiger partial charge is 0.342 e. The highest BCUT2D eigenvalue weighted by Crippen LogP contribution is 2.39. The summed E-state index contributed by atoms with van der Waals surface area (Å²) >= 11 is 0. The number of benzene rings is 3. The van der Waals surface area contributed by atoms with Gasteiger partial charge in [0.1, 0.15) is 17.4 Å². The molecule has 0 bridgehead atoms. The van der Waals surface area contributed by atoms with Crippen LogP contribution in [0.15, 0.2) is 66.7 Å². The molecule has 0 aromatic heterocycles. The molecule has 3 aromatic rings. The monoisotopic (exact) mass is 607 g/mol. The summed E-state index contributed by atoms with van der Waals surface area (Å²) in [7, 11) is 0. The quantitative estimate of drug-likeness (QED) is 0.349. The van der Waals surface area contributed by atoms with E-state index in [1.54, 1.807) is 30.3 Å². The van der Waals surface area contributed by atoms with E-state index in [1.807, 2.05) is 0 Å². The Morgan fingerprint density at radius 2 is 1.51 bits per heavy atom. The molecule has 1 unspecified atom stereocenters. The molecule has 2 N–H and O–H groups in total. The van der Waals surface area contributed by atoms with Crippen LogP contribution in [0.2, 0.25) is 0 Å². The van der Waals surface area contributed by atoms with E-state index in [1.165, 1.54) is 6.07 Å². The number of rotatable bonds is 6. The molecule has 1 fully saturated rings. The van der Waals surface area contributed by atoms with Crippen LogP contribution in [0.3, 0.4) is 0 Å². The zero-order chi connectivity index (χ0) is 31.2. The summed E-state index contributed by atoms with van der Waals surface area (Å²) < 4.78 is 95.1. The van der Waals surface area contributed by atoms with Gasteiger partial charge in [0.25, 0.3) is 5.91 Å². The van der Waals surface area contributed by atoms with Crippen molar-refractivity contribution in [3.8, 4) is 0 Å². The Morgan fingerprint density at radius 3 is 2.09 bits per heavy atom. The molecule has 1 aliphatic heterocycles. The number of nitrogens with one attached hydrogen (secondary N) is 2. The molecule has 1 saturated carbocycles. The lowest BCUT2D eigenvalue weighted by molar-refractivity contribution is -0.143. The molecule has 13 heteroatoms. The van der Waals surface area contributed by atoms with Crippen LogP contribution < -0.4 is 15.5 Å². The first kappa shape index (κ1) is 30.1. The van der Waals surface area contributed by atoms with E-state index in [2.05, 4.69) is 10.6 Å². The predicted octanol–water partition coefficient (Wildman–Crippen LogP) is 5.79. The van der Waals surface area contributed by atoms with Crippen molar-refractivity contribution in [2.24, 2.45) is 0 Å². The van der Waals surface area contributed by atoms with Crippen molar-refractivity contribution < 1.29 is 45.1 Å². The molecule has 43 heavy (non-hydrogen) atoms. The first-order valence-electron chi connectivity index (χ1n) is 13.2. The number of carbonyl (C=O) groups excluding carboxylic acids is 3. The summed E-state index contributed by atoms with van der Waals surface area (Å²) in [5.41, 5.74) is -4.16. The maximum Gasteiger partial charge on any atom is 0.416 e. The highest BCUT2D eigenvalue weighted by molar-refractivity contribution is 6.04. The average molecular weight is 608 g/mol. The van der Waals surface area contributed by atoms with Gasteiger partial charge in [-0.3, -0.25) is 14.4 Å². The SMILES string of the molecule is O=C(NC1(C(=O)NC2CCc3cc(F)ccc3N(Cc3cc(C(F)(F)F)cc(C(F)(F)F)c3)C2=O)CC1)c1ccccc1. The van der Waals surface area contributed by atoms with Crippen LogP contribution in [0.5, 0.6) is 0 Å². The third-order valence-corrected chi connectivity index (χ3v) is 7.47. The molecule has 5 rings (SSSR count). The number of carbonyl (C=O) groups is 3. The number of hydrogen-bond donors (Lipinski definition) is 2. The molecule has 2 aliphatic rings. The minimum absolute atomic E-state index is 0.0150. The molecule has 1 heterocycles. The summed E-state index contributed by atoms with van der Waals surface area (Å²) in [6.07, 6.45) is -9.58. The number of halogens is 7. The standard InChI is InChI=1S/C30H24F7N3O3/c31-22-7-9-24-19(14-22)6-8-23(38-27(43)28(10-11-28)39-25(41)18-4-2-1-3-5-18)26(42)40(24)16-17-12-20(29(32,33)34)15-21(13-17)30(35,36)37/h1-5,7,9,12-15,23H,6,8,10-11,16H2,(H,38,43)(H,39,41). The number of fused-ring (bicyclic) bond motifs is 1. The summed E-state index contributed by atoms with van der Waals surface area (Å²) in [4.78, 5) is 40.7. The van der Waals surface area contributed by atoms with Crippen molar-refractivity contribution in [2.45, 2.75) is 56.2 Å². The van der Waals surface area contributed by atoms with E-state index in [-0.39, 0.29) is 43.0 Å². The lowest BCUT2D eigenvalue weighted by atomic mass is 10.0. The van der Waals surface area contributed by atoms with Crippen molar-refractivity contribution in [2.75, 3.05) is 4.90 Å². The van der Waals surface area contributed by atoms with Crippen LogP contribution in [0.25, 0.3) is 0 Å². The van der Waals surface area contributed by atoms with Crippen molar-refractivity contribution in [1.82, 2.24) is 10.6 Å². The molecule has 3 aromatic carbocycles. The molecular formula is C30H24F7N3O3. The Bertz CT molecular complexity index is 1540. The molecule has 226 valence electrons. The largest absolute Gasteiger partial charge is 0.416 e. The van der Waals surface area contributed by atoms with Crippen molar-refractivity contribution in [3.63, 3.8) is 0 Å². The first-order valence-corrected chi connectivity index (χ1v) is 13.2. The lowest BCUT2D eigenvalue weighted by Gasteiger charge is -2.28. The van der Waals surface area contributed by atoms with Crippen LogP contribution in [-0.2, 0) is 34.9 Å². The summed E-state index contributed by atoms with van der Waals surface area (Å²) in [5, 5.41) is 5.29. The van der Waals surface area contributed by atoms with Gasteiger partial charge in [-0.2, -0.15) is 26.3 Å². The van der Waals surface area contributed by atoms with Crippen LogP contribution >= 0.6 is 0 Å². The van der Waals surface area contributed by atoms with Gasteiger partial charge < -0.3 is 15.5 Å². The van der Waals surface area contributed by atoms with Crippen LogP contribution in [-0.4, -0.2) is 29.3 Å². The van der Waals surface area contributed by atoms with Gasteiger partial charge in [-0.05, 0) is 85.3 Å². The highest BCUT2D eigenvalue weighted by Gasteiger charge is 2.52. The number of alkyl halides is 6. The molecule has 6 nitrogen and oxygen atoms in total.